The molecule has 4 rings (SSSR count). The van der Waals surface area contributed by atoms with Gasteiger partial charge in [-0.25, -0.2) is 13.7 Å². The molecule has 1 aromatic carbocycles. The number of nitrogens with one attached hydrogen (secondary N) is 1. The molecule has 3 heterocycles. The normalized spacial score (nSPS) is 25.1. The molecule has 1 unspecified atom stereocenters. The summed E-state index contributed by atoms with van der Waals surface area (Å²) in [6.45, 7) is 4.92. The fourth-order valence-corrected chi connectivity index (χ4v) is 5.01. The Morgan fingerprint density at radius 3 is 2.81 bits per heavy atom. The first-order valence-corrected chi connectivity index (χ1v) is 10.5. The molecule has 2 saturated heterocycles. The van der Waals surface area contributed by atoms with Gasteiger partial charge in [-0.15, -0.1) is 0 Å². The average Bonchev–Trinajstić information content (AvgIpc) is 3.31. The number of carbonyl (C=O) groups excluding carboxylic acids is 2. The molecule has 2 aliphatic rings. The van der Waals surface area contributed by atoms with Crippen LogP contribution in [0.3, 0.4) is 0 Å². The molecule has 2 fully saturated rings. The van der Waals surface area contributed by atoms with Gasteiger partial charge in [-0.2, -0.15) is 4.98 Å². The summed E-state index contributed by atoms with van der Waals surface area (Å²) in [4.78, 5) is 39.4. The molecule has 0 bridgehead atoms. The van der Waals surface area contributed by atoms with Crippen molar-refractivity contribution in [3.63, 3.8) is 0 Å². The van der Waals surface area contributed by atoms with E-state index in [1.165, 1.54) is 24.1 Å². The number of nitrogens with zero attached hydrogens (tertiary/aromatic N) is 4. The molecule has 0 aliphatic carbocycles. The van der Waals surface area contributed by atoms with Crippen LogP contribution in [0.2, 0.25) is 0 Å². The van der Waals surface area contributed by atoms with Gasteiger partial charge in [0.1, 0.15) is 12.3 Å². The first-order valence-electron chi connectivity index (χ1n) is 9.70. The van der Waals surface area contributed by atoms with Crippen molar-refractivity contribution in [2.75, 3.05) is 31.1 Å². The lowest BCUT2D eigenvalue weighted by Crippen LogP contribution is -2.60. The zero-order chi connectivity index (χ0) is 22.3. The molecule has 10 nitrogen and oxygen atoms in total. The van der Waals surface area contributed by atoms with Crippen molar-refractivity contribution in [3.05, 3.63) is 40.3 Å². The molecule has 1 N–H and O–H groups in total. The van der Waals surface area contributed by atoms with Crippen molar-refractivity contribution in [2.24, 2.45) is 5.92 Å². The fraction of sp³-hybridized carbons (Fsp3) is 0.421. The highest BCUT2D eigenvalue weighted by atomic mass is 32.1. The van der Waals surface area contributed by atoms with Crippen molar-refractivity contribution < 1.29 is 23.6 Å². The summed E-state index contributed by atoms with van der Waals surface area (Å²) in [5.74, 6) is -0.449. The molecule has 12 heteroatoms. The Morgan fingerprint density at radius 1 is 1.48 bits per heavy atom. The largest absolute Gasteiger partial charge is 0.442 e. The van der Waals surface area contributed by atoms with Crippen LogP contribution in [0.15, 0.2) is 24.4 Å². The predicted molar refractivity (Wildman–Crippen MR) is 112 cm³/mol. The van der Waals surface area contributed by atoms with E-state index in [4.69, 9.17) is 4.74 Å². The summed E-state index contributed by atoms with van der Waals surface area (Å²) in [7, 11) is 0. The predicted octanol–water partition coefficient (Wildman–Crippen LogP) is 2.94. The summed E-state index contributed by atoms with van der Waals surface area (Å²) in [6, 6.07) is 4.49. The van der Waals surface area contributed by atoms with Crippen LogP contribution in [0.4, 0.5) is 30.7 Å². The lowest BCUT2D eigenvalue weighted by molar-refractivity contribution is -0.380. The lowest BCUT2D eigenvalue weighted by Gasteiger charge is -2.46. The molecule has 0 spiro atoms. The van der Waals surface area contributed by atoms with Crippen LogP contribution in [0, 0.1) is 21.8 Å². The lowest BCUT2D eigenvalue weighted by atomic mass is 9.97. The van der Waals surface area contributed by atoms with E-state index in [9.17, 15) is 19.7 Å². The number of cyclic esters (lactones) is 1. The minimum Gasteiger partial charge on any atom is -0.442 e. The van der Waals surface area contributed by atoms with E-state index in [1.807, 2.05) is 6.92 Å². The van der Waals surface area contributed by atoms with Crippen LogP contribution in [-0.4, -0.2) is 54.2 Å². The summed E-state index contributed by atoms with van der Waals surface area (Å²) in [5, 5.41) is 14.0. The van der Waals surface area contributed by atoms with E-state index >= 15 is 4.39 Å². The van der Waals surface area contributed by atoms with Gasteiger partial charge in [0.05, 0.1) is 42.7 Å². The number of ether oxygens (including phenoxy) is 1. The highest BCUT2D eigenvalue weighted by molar-refractivity contribution is 7.18. The van der Waals surface area contributed by atoms with Crippen molar-refractivity contribution in [2.45, 2.75) is 20.0 Å². The average molecular weight is 450 g/mol. The van der Waals surface area contributed by atoms with Gasteiger partial charge in [-0.1, -0.05) is 6.92 Å². The number of quaternary nitrogens is 1. The third-order valence-electron chi connectivity index (χ3n) is 5.43. The Bertz CT molecular complexity index is 1050. The number of anilines is 1. The van der Waals surface area contributed by atoms with Gasteiger partial charge in [0.15, 0.2) is 11.5 Å². The molecule has 1 aromatic heterocycles. The van der Waals surface area contributed by atoms with Crippen LogP contribution in [0.25, 0.3) is 0 Å². The molecule has 0 radical (unpaired) electrons. The van der Waals surface area contributed by atoms with Crippen LogP contribution >= 0.6 is 11.3 Å². The third kappa shape index (κ3) is 3.83. The summed E-state index contributed by atoms with van der Waals surface area (Å²) < 4.78 is 20.6. The third-order valence-corrected chi connectivity index (χ3v) is 6.53. The topological polar surface area (TPSA) is 115 Å². The molecule has 2 amide bonds. The minimum absolute atomic E-state index is 0.0888. The maximum absolute atomic E-state index is 15.3. The smallest absolute Gasteiger partial charge is 0.414 e. The maximum Gasteiger partial charge on any atom is 0.414 e. The van der Waals surface area contributed by atoms with E-state index < -0.39 is 22.9 Å². The Balaban J connectivity index is 1.60. The number of rotatable bonds is 6. The van der Waals surface area contributed by atoms with Crippen molar-refractivity contribution in [1.29, 1.82) is 0 Å². The van der Waals surface area contributed by atoms with Crippen LogP contribution in [-0.2, 0) is 9.53 Å². The highest BCUT2D eigenvalue weighted by Gasteiger charge is 2.50. The molecule has 31 heavy (non-hydrogen) atoms. The van der Waals surface area contributed by atoms with Crippen LogP contribution in [0.5, 0.6) is 0 Å². The van der Waals surface area contributed by atoms with E-state index in [-0.39, 0.29) is 28.5 Å². The van der Waals surface area contributed by atoms with Crippen LogP contribution in [0.1, 0.15) is 13.8 Å². The Labute approximate surface area is 181 Å². The summed E-state index contributed by atoms with van der Waals surface area (Å²) in [6.07, 6.45) is 0.0641. The number of nitro groups is 1. The second kappa shape index (κ2) is 7.85. The van der Waals surface area contributed by atoms with Gasteiger partial charge in [0, 0.05) is 30.4 Å². The molecular weight excluding hydrogens is 429 g/mol. The number of halogens is 1. The minimum atomic E-state index is -0.612. The Morgan fingerprint density at radius 2 is 2.23 bits per heavy atom. The Hall–Kier alpha value is -3.12. The van der Waals surface area contributed by atoms with E-state index in [0.717, 1.165) is 11.3 Å². The van der Waals surface area contributed by atoms with Crippen LogP contribution < -0.4 is 14.7 Å². The monoisotopic (exact) mass is 450 g/mol. The van der Waals surface area contributed by atoms with E-state index in [2.05, 4.69) is 10.3 Å². The maximum atomic E-state index is 15.3. The molecule has 1 atom stereocenters. The van der Waals surface area contributed by atoms with Gasteiger partial charge in [0.2, 0.25) is 5.91 Å². The van der Waals surface area contributed by atoms with Crippen molar-refractivity contribution in [1.82, 2.24) is 14.8 Å². The zero-order valence-corrected chi connectivity index (χ0v) is 17.7. The zero-order valence-electron chi connectivity index (χ0n) is 16.9. The first-order chi connectivity index (χ1) is 14.7. The number of hydrogen-bond donors (Lipinski definition) is 1. The second-order valence-corrected chi connectivity index (χ2v) is 8.85. The Kier molecular flexibility index (Phi) is 5.35. The SMILES string of the molecule is CC(=O)NCC1CN(c2ccc([N+]3(c4ncc([N+](=O)[O-])s4)CC(C)C3)c(F)c2)C(=O)O1. The standard InChI is InChI=1S/C19H20FN5O5S/c1-11-9-25(10-11,18-22-7-17(31-18)24(28)29)16-4-3-13(5-15(16)20)23-8-14(30-19(23)27)6-21-12(2)26/h3-5,7,11,14H,6,8-10H2,1-2H3/p+1. The molecular formula is C19H21FN5O5S+. The number of thiazole rings is 1. The van der Waals surface area contributed by atoms with E-state index in [0.29, 0.717) is 35.5 Å². The number of amides is 2. The number of aromatic nitrogens is 1. The molecule has 2 aromatic rings. The fourth-order valence-electron chi connectivity index (χ4n) is 4.11. The number of hydrogen-bond acceptors (Lipinski definition) is 7. The van der Waals surface area contributed by atoms with Gasteiger partial charge >= 0.3 is 11.1 Å². The van der Waals surface area contributed by atoms with Crippen molar-refractivity contribution in [3.8, 4) is 0 Å². The van der Waals surface area contributed by atoms with Crippen molar-refractivity contribution >= 4 is 44.8 Å². The summed E-state index contributed by atoms with van der Waals surface area (Å²) >= 11 is 0.944. The van der Waals surface area contributed by atoms with E-state index in [1.54, 1.807) is 12.1 Å². The number of carbonyl (C=O) groups is 2. The second-order valence-electron chi connectivity index (χ2n) is 7.87. The van der Waals surface area contributed by atoms with Gasteiger partial charge < -0.3 is 10.1 Å². The summed E-state index contributed by atoms with van der Waals surface area (Å²) in [5.41, 5.74) is 0.696. The number of benzene rings is 1. The molecule has 164 valence electrons. The van der Waals surface area contributed by atoms with Gasteiger partial charge in [-0.3, -0.25) is 19.8 Å². The van der Waals surface area contributed by atoms with Gasteiger partial charge in [0.25, 0.3) is 5.13 Å². The molecule has 2 aliphatic heterocycles. The first kappa shape index (κ1) is 21.1. The molecule has 0 saturated carbocycles. The quantitative estimate of drug-likeness (QED) is 0.411. The highest BCUT2D eigenvalue weighted by Crippen LogP contribution is 2.47. The van der Waals surface area contributed by atoms with Gasteiger partial charge in [-0.05, 0) is 6.07 Å².